The van der Waals surface area contributed by atoms with Gasteiger partial charge in [-0.1, -0.05) is 32.0 Å². The van der Waals surface area contributed by atoms with Gasteiger partial charge in [0.2, 0.25) is 0 Å². The van der Waals surface area contributed by atoms with Gasteiger partial charge in [-0.3, -0.25) is 14.6 Å². The van der Waals surface area contributed by atoms with Crippen molar-refractivity contribution in [2.24, 2.45) is 5.92 Å². The van der Waals surface area contributed by atoms with Crippen molar-refractivity contribution in [1.29, 1.82) is 0 Å². The second-order valence-electron chi connectivity index (χ2n) is 5.35. The van der Waals surface area contributed by atoms with E-state index in [9.17, 15) is 9.59 Å². The smallest absolute Gasteiger partial charge is 0.274 e. The molecule has 0 atom stereocenters. The van der Waals surface area contributed by atoms with Gasteiger partial charge in [-0.05, 0) is 30.2 Å². The molecular formula is C17H19N3O2. The molecule has 1 aromatic carbocycles. The summed E-state index contributed by atoms with van der Waals surface area (Å²) in [6, 6.07) is 12.2. The lowest BCUT2D eigenvalue weighted by Gasteiger charge is -2.09. The summed E-state index contributed by atoms with van der Waals surface area (Å²) in [6.07, 6.45) is 1.46. The Balaban J connectivity index is 2.07. The first-order chi connectivity index (χ1) is 10.6. The Labute approximate surface area is 129 Å². The second kappa shape index (κ2) is 7.36. The van der Waals surface area contributed by atoms with Gasteiger partial charge in [0, 0.05) is 24.0 Å². The molecule has 5 nitrogen and oxygen atoms in total. The maximum atomic E-state index is 12.1. The maximum absolute atomic E-state index is 12.1. The molecule has 0 radical (unpaired) electrons. The number of hydrogen-bond acceptors (Lipinski definition) is 3. The van der Waals surface area contributed by atoms with E-state index in [1.54, 1.807) is 18.2 Å². The molecule has 0 saturated heterocycles. The van der Waals surface area contributed by atoms with Crippen LogP contribution in [0.15, 0.2) is 48.7 Å². The van der Waals surface area contributed by atoms with E-state index in [-0.39, 0.29) is 17.5 Å². The fourth-order valence-corrected chi connectivity index (χ4v) is 1.81. The molecule has 2 rings (SSSR count). The molecule has 5 heteroatoms. The lowest BCUT2D eigenvalue weighted by molar-refractivity contribution is 0.0949. The third-order valence-corrected chi connectivity index (χ3v) is 2.96. The van der Waals surface area contributed by atoms with Gasteiger partial charge < -0.3 is 10.6 Å². The highest BCUT2D eigenvalue weighted by atomic mass is 16.2. The highest BCUT2D eigenvalue weighted by molar-refractivity contribution is 6.04. The third kappa shape index (κ3) is 4.41. The molecule has 0 spiro atoms. The topological polar surface area (TPSA) is 71.1 Å². The Morgan fingerprint density at radius 3 is 2.50 bits per heavy atom. The van der Waals surface area contributed by atoms with E-state index in [4.69, 9.17) is 0 Å². The van der Waals surface area contributed by atoms with Gasteiger partial charge in [0.25, 0.3) is 11.8 Å². The molecule has 2 N–H and O–H groups in total. The van der Waals surface area contributed by atoms with E-state index in [0.717, 1.165) is 0 Å². The highest BCUT2D eigenvalue weighted by Gasteiger charge is 2.12. The van der Waals surface area contributed by atoms with Crippen LogP contribution in [0.2, 0.25) is 0 Å². The van der Waals surface area contributed by atoms with E-state index < -0.39 is 0 Å². The number of carbonyl (C=O) groups excluding carboxylic acids is 2. The van der Waals surface area contributed by atoms with Crippen molar-refractivity contribution < 1.29 is 9.59 Å². The first kappa shape index (κ1) is 15.7. The van der Waals surface area contributed by atoms with Crippen LogP contribution < -0.4 is 10.6 Å². The van der Waals surface area contributed by atoms with Crippen LogP contribution in [0, 0.1) is 5.92 Å². The van der Waals surface area contributed by atoms with Crippen LogP contribution in [0.4, 0.5) is 5.69 Å². The predicted octanol–water partition coefficient (Wildman–Crippen LogP) is 2.72. The summed E-state index contributed by atoms with van der Waals surface area (Å²) in [5.74, 6) is -0.179. The molecule has 0 aliphatic carbocycles. The summed E-state index contributed by atoms with van der Waals surface area (Å²) in [7, 11) is 0. The Hall–Kier alpha value is -2.69. The third-order valence-electron chi connectivity index (χ3n) is 2.96. The Bertz CT molecular complexity index is 654. The fourth-order valence-electron chi connectivity index (χ4n) is 1.81. The zero-order chi connectivity index (χ0) is 15.9. The molecule has 0 aliphatic heterocycles. The Kier molecular flexibility index (Phi) is 5.25. The van der Waals surface area contributed by atoms with Crippen LogP contribution in [0.25, 0.3) is 0 Å². The predicted molar refractivity (Wildman–Crippen MR) is 85.8 cm³/mol. The number of benzene rings is 1. The number of aromatic nitrogens is 1. The van der Waals surface area contributed by atoms with Crippen molar-refractivity contribution in [2.45, 2.75) is 13.8 Å². The van der Waals surface area contributed by atoms with Crippen molar-refractivity contribution >= 4 is 17.5 Å². The van der Waals surface area contributed by atoms with Gasteiger partial charge in [0.15, 0.2) is 0 Å². The minimum Gasteiger partial charge on any atom is -0.352 e. The van der Waals surface area contributed by atoms with E-state index in [0.29, 0.717) is 23.7 Å². The van der Waals surface area contributed by atoms with Gasteiger partial charge in [-0.15, -0.1) is 0 Å². The standard InChI is InChI=1S/C17H19N3O2/c1-12(2)11-19-16(21)13-8-9-18-15(10-13)17(22)20-14-6-4-3-5-7-14/h3-10,12H,11H2,1-2H3,(H,19,21)(H,20,22). The lowest BCUT2D eigenvalue weighted by atomic mass is 10.2. The quantitative estimate of drug-likeness (QED) is 0.891. The summed E-state index contributed by atoms with van der Waals surface area (Å²) < 4.78 is 0. The second-order valence-corrected chi connectivity index (χ2v) is 5.35. The van der Waals surface area contributed by atoms with Crippen LogP contribution in [-0.2, 0) is 0 Å². The average molecular weight is 297 g/mol. The molecule has 0 unspecified atom stereocenters. The van der Waals surface area contributed by atoms with Crippen molar-refractivity contribution in [2.75, 3.05) is 11.9 Å². The van der Waals surface area contributed by atoms with Crippen LogP contribution in [0.1, 0.15) is 34.7 Å². The van der Waals surface area contributed by atoms with Gasteiger partial charge in [-0.25, -0.2) is 0 Å². The number of rotatable bonds is 5. The summed E-state index contributed by atoms with van der Waals surface area (Å²) >= 11 is 0. The van der Waals surface area contributed by atoms with Crippen molar-refractivity contribution in [1.82, 2.24) is 10.3 Å². The van der Waals surface area contributed by atoms with Gasteiger partial charge in [0.05, 0.1) is 0 Å². The fraction of sp³-hybridized carbons (Fsp3) is 0.235. The average Bonchev–Trinajstić information content (AvgIpc) is 2.53. The maximum Gasteiger partial charge on any atom is 0.274 e. The van der Waals surface area contributed by atoms with Gasteiger partial charge in [0.1, 0.15) is 5.69 Å². The number of carbonyl (C=O) groups is 2. The van der Waals surface area contributed by atoms with Crippen LogP contribution in [-0.4, -0.2) is 23.3 Å². The van der Waals surface area contributed by atoms with Crippen molar-refractivity contribution in [3.05, 3.63) is 59.9 Å². The molecule has 2 aromatic rings. The molecule has 1 aromatic heterocycles. The largest absolute Gasteiger partial charge is 0.352 e. The van der Waals surface area contributed by atoms with Crippen LogP contribution in [0.3, 0.4) is 0 Å². The molecule has 0 saturated carbocycles. The van der Waals surface area contributed by atoms with Crippen LogP contribution in [0.5, 0.6) is 0 Å². The molecule has 0 bridgehead atoms. The zero-order valence-electron chi connectivity index (χ0n) is 12.7. The number of pyridine rings is 1. The number of amides is 2. The summed E-state index contributed by atoms with van der Waals surface area (Å²) in [5, 5.41) is 5.56. The van der Waals surface area contributed by atoms with E-state index in [1.165, 1.54) is 12.3 Å². The highest BCUT2D eigenvalue weighted by Crippen LogP contribution is 2.09. The lowest BCUT2D eigenvalue weighted by Crippen LogP contribution is -2.27. The van der Waals surface area contributed by atoms with Crippen molar-refractivity contribution in [3.63, 3.8) is 0 Å². The van der Waals surface area contributed by atoms with E-state index in [2.05, 4.69) is 15.6 Å². The molecular weight excluding hydrogens is 278 g/mol. The minimum absolute atomic E-state index is 0.204. The monoisotopic (exact) mass is 297 g/mol. The molecule has 114 valence electrons. The molecule has 2 amide bonds. The number of nitrogens with one attached hydrogen (secondary N) is 2. The van der Waals surface area contributed by atoms with Gasteiger partial charge in [-0.2, -0.15) is 0 Å². The summed E-state index contributed by atoms with van der Waals surface area (Å²) in [5.41, 5.74) is 1.32. The summed E-state index contributed by atoms with van der Waals surface area (Å²) in [4.78, 5) is 28.2. The normalized spacial score (nSPS) is 10.3. The first-order valence-corrected chi connectivity index (χ1v) is 7.17. The summed E-state index contributed by atoms with van der Waals surface area (Å²) in [6.45, 7) is 4.63. The SMILES string of the molecule is CC(C)CNC(=O)c1ccnc(C(=O)Nc2ccccc2)c1. The van der Waals surface area contributed by atoms with Gasteiger partial charge >= 0.3 is 0 Å². The Morgan fingerprint density at radius 2 is 1.82 bits per heavy atom. The number of anilines is 1. The molecule has 1 heterocycles. The first-order valence-electron chi connectivity index (χ1n) is 7.17. The van der Waals surface area contributed by atoms with Crippen molar-refractivity contribution in [3.8, 4) is 0 Å². The Morgan fingerprint density at radius 1 is 1.09 bits per heavy atom. The van der Waals surface area contributed by atoms with E-state index in [1.807, 2.05) is 32.0 Å². The van der Waals surface area contributed by atoms with E-state index >= 15 is 0 Å². The number of nitrogens with zero attached hydrogens (tertiary/aromatic N) is 1. The molecule has 22 heavy (non-hydrogen) atoms. The molecule has 0 fully saturated rings. The zero-order valence-corrected chi connectivity index (χ0v) is 12.7. The number of para-hydroxylation sites is 1. The van der Waals surface area contributed by atoms with Crippen LogP contribution >= 0.6 is 0 Å². The minimum atomic E-state index is -0.343. The number of hydrogen-bond donors (Lipinski definition) is 2. The molecule has 0 aliphatic rings.